The predicted molar refractivity (Wildman–Crippen MR) is 154 cm³/mol. The predicted octanol–water partition coefficient (Wildman–Crippen LogP) is 8.64. The number of hydrogen-bond donors (Lipinski definition) is 0. The second-order valence-corrected chi connectivity index (χ2v) is 9.70. The van der Waals surface area contributed by atoms with Gasteiger partial charge in [-0.2, -0.15) is 0 Å². The first-order chi connectivity index (χ1) is 19.4. The highest BCUT2D eigenvalue weighted by Gasteiger charge is 2.30. The number of Topliss-reactive ketones (excluding diaryl/α,β-unsaturated/α-hetero) is 1. The number of benzene rings is 4. The summed E-state index contributed by atoms with van der Waals surface area (Å²) in [6.45, 7) is 2.36. The number of allylic oxidation sites excluding steroid dienone is 1. The average molecular weight is 571 g/mol. The van der Waals surface area contributed by atoms with Crippen molar-refractivity contribution >= 4 is 52.0 Å². The second kappa shape index (κ2) is 10.6. The van der Waals surface area contributed by atoms with Gasteiger partial charge in [0.15, 0.2) is 5.76 Å². The third kappa shape index (κ3) is 4.72. The number of ketones is 1. The van der Waals surface area contributed by atoms with Gasteiger partial charge in [0.25, 0.3) is 0 Å². The molecule has 1 aliphatic rings. The first kappa shape index (κ1) is 25.7. The molecule has 1 aliphatic heterocycles. The van der Waals surface area contributed by atoms with Crippen molar-refractivity contribution < 1.29 is 28.2 Å². The molecule has 0 spiro atoms. The smallest absolute Gasteiger partial charge is 0.348 e. The van der Waals surface area contributed by atoms with Crippen molar-refractivity contribution in [1.82, 2.24) is 0 Å². The number of rotatable bonds is 6. The van der Waals surface area contributed by atoms with Crippen LogP contribution in [-0.2, 0) is 0 Å². The molecule has 40 heavy (non-hydrogen) atoms. The summed E-state index contributed by atoms with van der Waals surface area (Å²) in [5.41, 5.74) is 2.30. The van der Waals surface area contributed by atoms with E-state index in [-0.39, 0.29) is 28.6 Å². The third-order valence-electron chi connectivity index (χ3n) is 6.34. The van der Waals surface area contributed by atoms with E-state index < -0.39 is 5.97 Å². The molecule has 0 saturated carbocycles. The molecule has 8 heteroatoms. The second-order valence-electron chi connectivity index (χ2n) is 8.89. The van der Waals surface area contributed by atoms with Crippen molar-refractivity contribution in [2.45, 2.75) is 6.92 Å². The molecule has 1 aromatic heterocycles. The Labute approximate surface area is 239 Å². The van der Waals surface area contributed by atoms with Crippen LogP contribution in [0.1, 0.15) is 33.2 Å². The van der Waals surface area contributed by atoms with E-state index in [0.717, 1.165) is 5.56 Å². The standard InChI is InChI=1S/C32H20Cl2O6/c1-2-37-19-12-14-26-23(15-19)29(31(40-26)18-7-4-3-5-8-18)32(36)38-20-11-13-21-27(16-20)39-28(30(21)35)17-22-24(33)9-6-10-25(22)34/h3-17H,2H2,1H3. The van der Waals surface area contributed by atoms with E-state index >= 15 is 0 Å². The maximum absolute atomic E-state index is 13.6. The van der Waals surface area contributed by atoms with E-state index in [9.17, 15) is 9.59 Å². The van der Waals surface area contributed by atoms with Crippen LogP contribution in [0.25, 0.3) is 28.4 Å². The van der Waals surface area contributed by atoms with Gasteiger partial charge >= 0.3 is 5.97 Å². The van der Waals surface area contributed by atoms with Crippen LogP contribution in [0, 0.1) is 0 Å². The van der Waals surface area contributed by atoms with E-state index in [0.29, 0.717) is 50.3 Å². The molecule has 0 unspecified atom stereocenters. The van der Waals surface area contributed by atoms with Crippen molar-refractivity contribution in [3.05, 3.63) is 117 Å². The Kier molecular flexibility index (Phi) is 6.80. The topological polar surface area (TPSA) is 75.0 Å². The first-order valence-electron chi connectivity index (χ1n) is 12.4. The largest absolute Gasteiger partial charge is 0.494 e. The Hall–Kier alpha value is -4.52. The number of ether oxygens (including phenoxy) is 3. The Morgan fingerprint density at radius 3 is 2.40 bits per heavy atom. The summed E-state index contributed by atoms with van der Waals surface area (Å²) >= 11 is 12.5. The molecule has 5 aromatic rings. The number of carbonyl (C=O) groups excluding carboxylic acids is 2. The molecule has 0 aliphatic carbocycles. The van der Waals surface area contributed by atoms with Crippen LogP contribution in [0.5, 0.6) is 17.2 Å². The van der Waals surface area contributed by atoms with Crippen LogP contribution in [0.3, 0.4) is 0 Å². The quantitative estimate of drug-likeness (QED) is 0.115. The van der Waals surface area contributed by atoms with Crippen LogP contribution in [-0.4, -0.2) is 18.4 Å². The highest BCUT2D eigenvalue weighted by atomic mass is 35.5. The fourth-order valence-electron chi connectivity index (χ4n) is 4.50. The molecule has 0 bridgehead atoms. The first-order valence-corrected chi connectivity index (χ1v) is 13.2. The lowest BCUT2D eigenvalue weighted by atomic mass is 10.1. The van der Waals surface area contributed by atoms with E-state index in [2.05, 4.69) is 0 Å². The van der Waals surface area contributed by atoms with Gasteiger partial charge < -0.3 is 18.6 Å². The Bertz CT molecular complexity index is 1800. The summed E-state index contributed by atoms with van der Waals surface area (Å²) in [6.07, 6.45) is 1.50. The minimum absolute atomic E-state index is 0.0594. The van der Waals surface area contributed by atoms with Crippen molar-refractivity contribution in [1.29, 1.82) is 0 Å². The summed E-state index contributed by atoms with van der Waals surface area (Å²) in [5.74, 6) is 0.528. The number of halogens is 2. The fourth-order valence-corrected chi connectivity index (χ4v) is 5.00. The molecule has 0 amide bonds. The molecule has 0 fully saturated rings. The lowest BCUT2D eigenvalue weighted by Gasteiger charge is -2.07. The Balaban J connectivity index is 1.34. The molecule has 6 nitrogen and oxygen atoms in total. The molecule has 4 aromatic carbocycles. The molecular weight excluding hydrogens is 551 g/mol. The molecule has 0 saturated heterocycles. The summed E-state index contributed by atoms with van der Waals surface area (Å²) in [7, 11) is 0. The van der Waals surface area contributed by atoms with Gasteiger partial charge in [-0.1, -0.05) is 59.6 Å². The molecular formula is C32H20Cl2O6. The normalized spacial score (nSPS) is 13.4. The number of furan rings is 1. The monoisotopic (exact) mass is 570 g/mol. The Morgan fingerprint density at radius 1 is 0.900 bits per heavy atom. The molecule has 0 N–H and O–H groups in total. The van der Waals surface area contributed by atoms with Crippen LogP contribution in [0.2, 0.25) is 10.0 Å². The number of fused-ring (bicyclic) bond motifs is 2. The summed E-state index contributed by atoms with van der Waals surface area (Å²) in [6, 6.07) is 24.3. The van der Waals surface area contributed by atoms with E-state index in [4.69, 9.17) is 41.8 Å². The van der Waals surface area contributed by atoms with E-state index in [1.165, 1.54) is 12.1 Å². The van der Waals surface area contributed by atoms with E-state index in [1.54, 1.807) is 48.5 Å². The maximum Gasteiger partial charge on any atom is 0.348 e. The van der Waals surface area contributed by atoms with Gasteiger partial charge in [-0.05, 0) is 55.5 Å². The van der Waals surface area contributed by atoms with Crippen LogP contribution in [0.15, 0.2) is 95.1 Å². The summed E-state index contributed by atoms with van der Waals surface area (Å²) in [5, 5.41) is 1.33. The zero-order valence-electron chi connectivity index (χ0n) is 21.1. The zero-order chi connectivity index (χ0) is 27.8. The highest BCUT2D eigenvalue weighted by molar-refractivity contribution is 6.37. The van der Waals surface area contributed by atoms with Crippen molar-refractivity contribution in [3.8, 4) is 28.6 Å². The maximum atomic E-state index is 13.6. The van der Waals surface area contributed by atoms with Gasteiger partial charge in [0, 0.05) is 32.6 Å². The SMILES string of the molecule is CCOc1ccc2oc(-c3ccccc3)c(C(=O)Oc3ccc4c(c3)OC(=Cc3c(Cl)cccc3Cl)C4=O)c2c1. The molecule has 198 valence electrons. The lowest BCUT2D eigenvalue weighted by molar-refractivity contribution is 0.0736. The highest BCUT2D eigenvalue weighted by Crippen LogP contribution is 2.39. The van der Waals surface area contributed by atoms with Crippen LogP contribution in [0.4, 0.5) is 0 Å². The molecule has 2 heterocycles. The average Bonchev–Trinajstić information content (AvgIpc) is 3.48. The molecule has 0 radical (unpaired) electrons. The number of esters is 1. The van der Waals surface area contributed by atoms with Crippen molar-refractivity contribution in [2.24, 2.45) is 0 Å². The summed E-state index contributed by atoms with van der Waals surface area (Å²) < 4.78 is 23.4. The van der Waals surface area contributed by atoms with Crippen LogP contribution < -0.4 is 14.2 Å². The van der Waals surface area contributed by atoms with E-state index in [1.807, 2.05) is 37.3 Å². The minimum atomic E-state index is -0.630. The van der Waals surface area contributed by atoms with Crippen LogP contribution >= 0.6 is 23.2 Å². The van der Waals surface area contributed by atoms with Gasteiger partial charge in [-0.25, -0.2) is 4.79 Å². The van der Waals surface area contributed by atoms with Crippen molar-refractivity contribution in [2.75, 3.05) is 6.61 Å². The number of carbonyl (C=O) groups is 2. The zero-order valence-corrected chi connectivity index (χ0v) is 22.6. The number of hydrogen-bond acceptors (Lipinski definition) is 6. The minimum Gasteiger partial charge on any atom is -0.494 e. The Morgan fingerprint density at radius 2 is 1.65 bits per heavy atom. The molecule has 6 rings (SSSR count). The van der Waals surface area contributed by atoms with Gasteiger partial charge in [0.2, 0.25) is 5.78 Å². The summed E-state index contributed by atoms with van der Waals surface area (Å²) in [4.78, 5) is 26.6. The van der Waals surface area contributed by atoms with Crippen molar-refractivity contribution in [3.63, 3.8) is 0 Å². The van der Waals surface area contributed by atoms with Gasteiger partial charge in [-0.3, -0.25) is 4.79 Å². The fraction of sp³-hybridized carbons (Fsp3) is 0.0625. The third-order valence-corrected chi connectivity index (χ3v) is 7.00. The lowest BCUT2D eigenvalue weighted by Crippen LogP contribution is -2.09. The van der Waals surface area contributed by atoms with Gasteiger partial charge in [-0.15, -0.1) is 0 Å². The van der Waals surface area contributed by atoms with Gasteiger partial charge in [0.05, 0.1) is 12.2 Å². The van der Waals surface area contributed by atoms with Gasteiger partial charge in [0.1, 0.15) is 34.2 Å². The molecule has 0 atom stereocenters.